The quantitative estimate of drug-likeness (QED) is 0.803. The third-order valence-electron chi connectivity index (χ3n) is 5.08. The van der Waals surface area contributed by atoms with Crippen LogP contribution in [0.15, 0.2) is 42.5 Å². The Kier molecular flexibility index (Phi) is 4.25. The van der Waals surface area contributed by atoms with Crippen LogP contribution in [0.5, 0.6) is 0 Å². The number of hydrogen-bond acceptors (Lipinski definition) is 1. The van der Waals surface area contributed by atoms with Crippen molar-refractivity contribution < 1.29 is 9.90 Å². The summed E-state index contributed by atoms with van der Waals surface area (Å²) < 4.78 is 0. The maximum atomic E-state index is 11.1. The van der Waals surface area contributed by atoms with Crippen LogP contribution in [0.4, 0.5) is 0 Å². The number of aryl methyl sites for hydroxylation is 1. The van der Waals surface area contributed by atoms with Crippen molar-refractivity contribution in [2.24, 2.45) is 5.92 Å². The van der Waals surface area contributed by atoms with Gasteiger partial charge in [-0.2, -0.15) is 0 Å². The lowest BCUT2D eigenvalue weighted by atomic mass is 9.80. The zero-order chi connectivity index (χ0) is 17.5. The molecule has 0 saturated heterocycles. The zero-order valence-corrected chi connectivity index (χ0v) is 15.0. The van der Waals surface area contributed by atoms with Crippen molar-refractivity contribution in [3.05, 3.63) is 70.3 Å². The second-order valence-corrected chi connectivity index (χ2v) is 8.06. The standard InChI is InChI=1S/C22H26O2/c1-14-13-18(22(2,3)4)11-12-19(14)20(15-5-6-15)16-7-9-17(10-8-16)21(23)24/h7-13,15,20H,5-6H2,1-4H3,(H,23,24). The van der Waals surface area contributed by atoms with Crippen molar-refractivity contribution in [2.75, 3.05) is 0 Å². The number of aromatic carboxylic acids is 1. The Labute approximate surface area is 144 Å². The number of benzene rings is 2. The first-order valence-corrected chi connectivity index (χ1v) is 8.71. The van der Waals surface area contributed by atoms with Gasteiger partial charge in [-0.05, 0) is 65.5 Å². The van der Waals surface area contributed by atoms with E-state index in [0.717, 1.165) is 0 Å². The molecule has 1 fully saturated rings. The van der Waals surface area contributed by atoms with E-state index < -0.39 is 5.97 Å². The number of carboxylic acid groups (broad SMARTS) is 1. The van der Waals surface area contributed by atoms with Gasteiger partial charge in [0.15, 0.2) is 0 Å². The molecule has 2 heteroatoms. The van der Waals surface area contributed by atoms with E-state index in [1.807, 2.05) is 12.1 Å². The number of carbonyl (C=O) groups is 1. The van der Waals surface area contributed by atoms with Crippen molar-refractivity contribution >= 4 is 5.97 Å². The Morgan fingerprint density at radius 1 is 1.08 bits per heavy atom. The fourth-order valence-electron chi connectivity index (χ4n) is 3.46. The Morgan fingerprint density at radius 2 is 1.71 bits per heavy atom. The van der Waals surface area contributed by atoms with E-state index in [4.69, 9.17) is 5.11 Å². The van der Waals surface area contributed by atoms with Gasteiger partial charge < -0.3 is 5.11 Å². The largest absolute Gasteiger partial charge is 0.478 e. The highest BCUT2D eigenvalue weighted by Crippen LogP contribution is 2.47. The molecule has 0 radical (unpaired) electrons. The van der Waals surface area contributed by atoms with Crippen LogP contribution in [0, 0.1) is 12.8 Å². The van der Waals surface area contributed by atoms with Crippen LogP contribution < -0.4 is 0 Å². The first-order valence-electron chi connectivity index (χ1n) is 8.71. The number of rotatable bonds is 4. The van der Waals surface area contributed by atoms with Crippen molar-refractivity contribution in [3.63, 3.8) is 0 Å². The van der Waals surface area contributed by atoms with E-state index in [2.05, 4.69) is 45.9 Å². The van der Waals surface area contributed by atoms with Crippen LogP contribution in [0.2, 0.25) is 0 Å². The lowest BCUT2D eigenvalue weighted by Gasteiger charge is -2.24. The van der Waals surface area contributed by atoms with Crippen LogP contribution in [0.1, 0.15) is 72.1 Å². The van der Waals surface area contributed by atoms with Crippen molar-refractivity contribution in [3.8, 4) is 0 Å². The maximum Gasteiger partial charge on any atom is 0.335 e. The molecular weight excluding hydrogens is 296 g/mol. The topological polar surface area (TPSA) is 37.3 Å². The monoisotopic (exact) mass is 322 g/mol. The van der Waals surface area contributed by atoms with E-state index >= 15 is 0 Å². The molecule has 1 atom stereocenters. The lowest BCUT2D eigenvalue weighted by molar-refractivity contribution is 0.0697. The molecule has 0 spiro atoms. The van der Waals surface area contributed by atoms with Gasteiger partial charge in [0.2, 0.25) is 0 Å². The summed E-state index contributed by atoms with van der Waals surface area (Å²) in [4.78, 5) is 11.1. The minimum Gasteiger partial charge on any atom is -0.478 e. The highest BCUT2D eigenvalue weighted by molar-refractivity contribution is 5.87. The van der Waals surface area contributed by atoms with Gasteiger partial charge in [-0.1, -0.05) is 51.1 Å². The van der Waals surface area contributed by atoms with Crippen molar-refractivity contribution in [2.45, 2.75) is 51.9 Å². The molecule has 2 aromatic rings. The van der Waals surface area contributed by atoms with E-state index in [1.54, 1.807) is 12.1 Å². The molecule has 0 aliphatic heterocycles. The van der Waals surface area contributed by atoms with Crippen LogP contribution in [0.3, 0.4) is 0 Å². The van der Waals surface area contributed by atoms with E-state index in [0.29, 0.717) is 17.4 Å². The molecule has 0 heterocycles. The summed E-state index contributed by atoms with van der Waals surface area (Å²) in [5.41, 5.74) is 5.82. The Morgan fingerprint density at radius 3 is 2.17 bits per heavy atom. The highest BCUT2D eigenvalue weighted by atomic mass is 16.4. The molecule has 2 aromatic carbocycles. The van der Waals surface area contributed by atoms with Crippen LogP contribution in [-0.2, 0) is 5.41 Å². The van der Waals surface area contributed by atoms with Crippen molar-refractivity contribution in [1.82, 2.24) is 0 Å². The molecule has 1 unspecified atom stereocenters. The molecule has 24 heavy (non-hydrogen) atoms. The summed E-state index contributed by atoms with van der Waals surface area (Å²) in [5.74, 6) is 0.192. The maximum absolute atomic E-state index is 11.1. The molecule has 2 nitrogen and oxygen atoms in total. The van der Waals surface area contributed by atoms with Gasteiger partial charge in [0.1, 0.15) is 0 Å². The summed E-state index contributed by atoms with van der Waals surface area (Å²) >= 11 is 0. The van der Waals surface area contributed by atoms with Gasteiger partial charge in [0, 0.05) is 5.92 Å². The summed E-state index contributed by atoms with van der Waals surface area (Å²) in [7, 11) is 0. The molecule has 1 N–H and O–H groups in total. The fourth-order valence-corrected chi connectivity index (χ4v) is 3.46. The van der Waals surface area contributed by atoms with Crippen LogP contribution >= 0.6 is 0 Å². The molecule has 3 rings (SSSR count). The molecular formula is C22H26O2. The predicted molar refractivity (Wildman–Crippen MR) is 97.8 cm³/mol. The summed E-state index contributed by atoms with van der Waals surface area (Å²) in [6.45, 7) is 8.92. The Balaban J connectivity index is 1.98. The minimum atomic E-state index is -0.866. The van der Waals surface area contributed by atoms with Crippen LogP contribution in [0.25, 0.3) is 0 Å². The minimum absolute atomic E-state index is 0.154. The zero-order valence-electron chi connectivity index (χ0n) is 15.0. The van der Waals surface area contributed by atoms with E-state index in [1.165, 1.54) is 35.1 Å². The smallest absolute Gasteiger partial charge is 0.335 e. The fraction of sp³-hybridized carbons (Fsp3) is 0.409. The van der Waals surface area contributed by atoms with Gasteiger partial charge >= 0.3 is 5.97 Å². The van der Waals surface area contributed by atoms with Gasteiger partial charge in [0.25, 0.3) is 0 Å². The number of carboxylic acids is 1. The molecule has 1 aliphatic rings. The summed E-state index contributed by atoms with van der Waals surface area (Å²) in [6, 6.07) is 14.3. The van der Waals surface area contributed by atoms with Gasteiger partial charge in [-0.3, -0.25) is 0 Å². The molecule has 1 aliphatic carbocycles. The molecule has 0 aromatic heterocycles. The molecule has 1 saturated carbocycles. The first kappa shape index (κ1) is 16.8. The second-order valence-electron chi connectivity index (χ2n) is 8.06. The normalized spacial score (nSPS) is 16.0. The highest BCUT2D eigenvalue weighted by Gasteiger charge is 2.34. The van der Waals surface area contributed by atoms with Gasteiger partial charge in [0.05, 0.1) is 5.56 Å². The number of hydrogen-bond donors (Lipinski definition) is 1. The lowest BCUT2D eigenvalue weighted by Crippen LogP contribution is -2.13. The molecule has 0 bridgehead atoms. The van der Waals surface area contributed by atoms with Crippen molar-refractivity contribution in [1.29, 1.82) is 0 Å². The predicted octanol–water partition coefficient (Wildman–Crippen LogP) is 5.53. The Bertz CT molecular complexity index is 747. The third-order valence-corrected chi connectivity index (χ3v) is 5.08. The average molecular weight is 322 g/mol. The SMILES string of the molecule is Cc1cc(C(C)(C)C)ccc1C(c1ccc(C(=O)O)cc1)C1CC1. The summed E-state index contributed by atoms with van der Waals surface area (Å²) in [6.07, 6.45) is 2.51. The second kappa shape index (κ2) is 6.08. The van der Waals surface area contributed by atoms with E-state index in [9.17, 15) is 4.79 Å². The van der Waals surface area contributed by atoms with Gasteiger partial charge in [-0.15, -0.1) is 0 Å². The van der Waals surface area contributed by atoms with Gasteiger partial charge in [-0.25, -0.2) is 4.79 Å². The molecule has 126 valence electrons. The average Bonchev–Trinajstić information content (AvgIpc) is 3.33. The Hall–Kier alpha value is -2.09. The van der Waals surface area contributed by atoms with E-state index in [-0.39, 0.29) is 5.41 Å². The third kappa shape index (κ3) is 3.38. The first-order chi connectivity index (χ1) is 11.3. The van der Waals surface area contributed by atoms with Crippen LogP contribution in [-0.4, -0.2) is 11.1 Å². The summed E-state index contributed by atoms with van der Waals surface area (Å²) in [5, 5.41) is 9.10. The molecule has 0 amide bonds.